The van der Waals surface area contributed by atoms with E-state index >= 15 is 0 Å². The topological polar surface area (TPSA) is 6.48 Å². The van der Waals surface area contributed by atoms with Gasteiger partial charge in [0, 0.05) is 32.7 Å². The number of piperazine rings is 1. The predicted molar refractivity (Wildman–Crippen MR) is 76.5 cm³/mol. The molecule has 2 radical (unpaired) electrons. The maximum absolute atomic E-state index is 5.70. The van der Waals surface area contributed by atoms with Crippen LogP contribution in [0.5, 0.6) is 0 Å². The van der Waals surface area contributed by atoms with Crippen molar-refractivity contribution < 1.29 is 0 Å². The molecule has 1 saturated heterocycles. The minimum atomic E-state index is 0.850. The summed E-state index contributed by atoms with van der Waals surface area (Å²) in [4.78, 5) is 5.12. The maximum Gasteiger partial charge on any atom is 0.0234 e. The molecule has 1 heterocycles. The Kier molecular flexibility index (Phi) is 5.21. The van der Waals surface area contributed by atoms with Crippen molar-refractivity contribution in [2.24, 2.45) is 0 Å². The zero-order valence-corrected chi connectivity index (χ0v) is 11.4. The summed E-state index contributed by atoms with van der Waals surface area (Å²) in [5, 5.41) is 0. The molecule has 0 N–H and O–H groups in total. The molecule has 0 aliphatic carbocycles. The number of rotatable bonds is 5. The second-order valence-corrected chi connectivity index (χ2v) is 5.21. The van der Waals surface area contributed by atoms with E-state index in [9.17, 15) is 0 Å². The molecule has 1 fully saturated rings. The third-order valence-corrected chi connectivity index (χ3v) is 3.68. The van der Waals surface area contributed by atoms with Gasteiger partial charge in [-0.25, -0.2) is 0 Å². The number of hydrogen-bond donors (Lipinski definition) is 0. The van der Waals surface area contributed by atoms with Gasteiger partial charge in [0.1, 0.15) is 0 Å². The lowest BCUT2D eigenvalue weighted by atomic mass is 10.1. The Labute approximate surface area is 112 Å². The maximum atomic E-state index is 5.70. The Hall–Kier alpha value is -0.860. The fourth-order valence-electron chi connectivity index (χ4n) is 2.43. The van der Waals surface area contributed by atoms with Crippen LogP contribution in [0.25, 0.3) is 0 Å². The standard InChI is InChI=1S/C16H24N2/c1-3-4-9-17-10-12-18(13-11-17)14-16-7-5-15(2)6-8-16/h2,5-8H,3-4,9-14H2,1H3. The van der Waals surface area contributed by atoms with Crippen LogP contribution in [0, 0.1) is 6.92 Å². The van der Waals surface area contributed by atoms with E-state index in [-0.39, 0.29) is 0 Å². The molecule has 0 amide bonds. The van der Waals surface area contributed by atoms with Gasteiger partial charge in [-0.1, -0.05) is 37.6 Å². The molecule has 0 spiro atoms. The van der Waals surface area contributed by atoms with Crippen LogP contribution < -0.4 is 0 Å². The van der Waals surface area contributed by atoms with E-state index in [1.54, 1.807) is 0 Å². The molecule has 0 atom stereocenters. The first kappa shape index (κ1) is 13.6. The van der Waals surface area contributed by atoms with Crippen molar-refractivity contribution in [1.82, 2.24) is 9.80 Å². The molecule has 1 aromatic rings. The average Bonchev–Trinajstić information content (AvgIpc) is 2.41. The fraction of sp³-hybridized carbons (Fsp3) is 0.562. The first-order valence-electron chi connectivity index (χ1n) is 7.07. The van der Waals surface area contributed by atoms with Crippen LogP contribution in [0.15, 0.2) is 24.3 Å². The van der Waals surface area contributed by atoms with Crippen LogP contribution in [-0.2, 0) is 6.54 Å². The summed E-state index contributed by atoms with van der Waals surface area (Å²) in [6.07, 6.45) is 2.63. The highest BCUT2D eigenvalue weighted by Gasteiger charge is 2.15. The highest BCUT2D eigenvalue weighted by Crippen LogP contribution is 2.10. The van der Waals surface area contributed by atoms with Gasteiger partial charge in [0.05, 0.1) is 0 Å². The highest BCUT2D eigenvalue weighted by molar-refractivity contribution is 5.24. The Balaban J connectivity index is 1.74. The van der Waals surface area contributed by atoms with E-state index in [0.29, 0.717) is 0 Å². The fourth-order valence-corrected chi connectivity index (χ4v) is 2.43. The van der Waals surface area contributed by atoms with Crippen molar-refractivity contribution in [3.63, 3.8) is 0 Å². The lowest BCUT2D eigenvalue weighted by Gasteiger charge is -2.34. The molecule has 2 heteroatoms. The monoisotopic (exact) mass is 244 g/mol. The van der Waals surface area contributed by atoms with E-state index in [4.69, 9.17) is 6.92 Å². The summed E-state index contributed by atoms with van der Waals surface area (Å²) in [5.41, 5.74) is 2.22. The molecule has 98 valence electrons. The first-order valence-corrected chi connectivity index (χ1v) is 7.07. The molecular formula is C16H24N2. The molecule has 1 aromatic carbocycles. The Morgan fingerprint density at radius 2 is 1.61 bits per heavy atom. The van der Waals surface area contributed by atoms with E-state index < -0.39 is 0 Å². The van der Waals surface area contributed by atoms with Crippen LogP contribution in [-0.4, -0.2) is 42.5 Å². The second kappa shape index (κ2) is 6.91. The first-order chi connectivity index (χ1) is 8.78. The number of hydrogen-bond acceptors (Lipinski definition) is 2. The summed E-state index contributed by atoms with van der Waals surface area (Å²) in [5.74, 6) is 0. The molecule has 0 bridgehead atoms. The van der Waals surface area contributed by atoms with Gasteiger partial charge in [-0.05, 0) is 31.0 Å². The van der Waals surface area contributed by atoms with E-state index in [2.05, 4.69) is 28.9 Å². The lowest BCUT2D eigenvalue weighted by Crippen LogP contribution is -2.46. The third-order valence-electron chi connectivity index (χ3n) is 3.68. The van der Waals surface area contributed by atoms with Gasteiger partial charge in [-0.2, -0.15) is 0 Å². The van der Waals surface area contributed by atoms with Crippen molar-refractivity contribution >= 4 is 0 Å². The zero-order chi connectivity index (χ0) is 12.8. The van der Waals surface area contributed by atoms with Crippen LogP contribution in [0.2, 0.25) is 0 Å². The molecular weight excluding hydrogens is 220 g/mol. The molecule has 0 aromatic heterocycles. The summed E-state index contributed by atoms with van der Waals surface area (Å²) < 4.78 is 0. The minimum absolute atomic E-state index is 0.850. The molecule has 1 aliphatic heterocycles. The highest BCUT2D eigenvalue weighted by atomic mass is 15.3. The van der Waals surface area contributed by atoms with Crippen molar-refractivity contribution in [3.8, 4) is 0 Å². The van der Waals surface area contributed by atoms with Crippen LogP contribution in [0.4, 0.5) is 0 Å². The SMILES string of the molecule is [CH]c1ccc(CN2CCN(CCCC)CC2)cc1. The largest absolute Gasteiger partial charge is 0.301 e. The smallest absolute Gasteiger partial charge is 0.0234 e. The number of unbranched alkanes of at least 4 members (excludes halogenated alkanes) is 1. The molecule has 2 rings (SSSR count). The van der Waals surface area contributed by atoms with Gasteiger partial charge in [0.15, 0.2) is 0 Å². The Morgan fingerprint density at radius 3 is 2.22 bits per heavy atom. The molecule has 18 heavy (non-hydrogen) atoms. The summed E-state index contributed by atoms with van der Waals surface area (Å²) in [6.45, 7) is 15.1. The van der Waals surface area contributed by atoms with Gasteiger partial charge in [-0.15, -0.1) is 0 Å². The van der Waals surface area contributed by atoms with Crippen molar-refractivity contribution in [3.05, 3.63) is 42.3 Å². The van der Waals surface area contributed by atoms with Gasteiger partial charge < -0.3 is 4.90 Å². The number of benzene rings is 1. The average molecular weight is 244 g/mol. The van der Waals surface area contributed by atoms with E-state index in [1.165, 1.54) is 51.1 Å². The zero-order valence-electron chi connectivity index (χ0n) is 11.4. The molecule has 1 aliphatic rings. The van der Waals surface area contributed by atoms with Gasteiger partial charge in [-0.3, -0.25) is 4.90 Å². The van der Waals surface area contributed by atoms with Gasteiger partial charge in [0.2, 0.25) is 0 Å². The van der Waals surface area contributed by atoms with Crippen molar-refractivity contribution in [2.75, 3.05) is 32.7 Å². The second-order valence-electron chi connectivity index (χ2n) is 5.21. The van der Waals surface area contributed by atoms with E-state index in [1.807, 2.05) is 12.1 Å². The molecule has 0 saturated carbocycles. The lowest BCUT2D eigenvalue weighted by molar-refractivity contribution is 0.126. The quantitative estimate of drug-likeness (QED) is 0.785. The van der Waals surface area contributed by atoms with Crippen LogP contribution in [0.1, 0.15) is 30.9 Å². The van der Waals surface area contributed by atoms with Gasteiger partial charge in [0.25, 0.3) is 0 Å². The summed E-state index contributed by atoms with van der Waals surface area (Å²) in [6, 6.07) is 8.26. The predicted octanol–water partition coefficient (Wildman–Crippen LogP) is 2.66. The van der Waals surface area contributed by atoms with Crippen LogP contribution >= 0.6 is 0 Å². The normalized spacial score (nSPS) is 18.1. The Bertz CT molecular complexity index is 337. The van der Waals surface area contributed by atoms with Crippen molar-refractivity contribution in [1.29, 1.82) is 0 Å². The summed E-state index contributed by atoms with van der Waals surface area (Å²) in [7, 11) is 0. The van der Waals surface area contributed by atoms with Crippen LogP contribution in [0.3, 0.4) is 0 Å². The number of nitrogens with zero attached hydrogens (tertiary/aromatic N) is 2. The molecule has 0 unspecified atom stereocenters. The van der Waals surface area contributed by atoms with E-state index in [0.717, 1.165) is 12.1 Å². The van der Waals surface area contributed by atoms with Gasteiger partial charge >= 0.3 is 0 Å². The molecule has 2 nitrogen and oxygen atoms in total. The minimum Gasteiger partial charge on any atom is -0.301 e. The summed E-state index contributed by atoms with van der Waals surface area (Å²) >= 11 is 0. The third kappa shape index (κ3) is 4.11. The Morgan fingerprint density at radius 1 is 1.00 bits per heavy atom. The van der Waals surface area contributed by atoms with Crippen molar-refractivity contribution in [2.45, 2.75) is 26.3 Å².